The first-order chi connectivity index (χ1) is 8.27. The summed E-state index contributed by atoms with van der Waals surface area (Å²) in [5, 5.41) is 0. The second kappa shape index (κ2) is 6.06. The van der Waals surface area contributed by atoms with Crippen molar-refractivity contribution in [2.75, 3.05) is 6.61 Å². The highest BCUT2D eigenvalue weighted by atomic mass is 79.9. The topological polar surface area (TPSA) is 26.3 Å². The fourth-order valence-corrected chi connectivity index (χ4v) is 2.07. The lowest BCUT2D eigenvalue weighted by molar-refractivity contribution is -0.137. The minimum absolute atomic E-state index is 0.101. The molecule has 0 radical (unpaired) electrons. The number of halogens is 5. The fraction of sp³-hybridized carbons (Fsp3) is 0.364. The molecule has 0 bridgehead atoms. The summed E-state index contributed by atoms with van der Waals surface area (Å²) < 4.78 is 41.9. The van der Waals surface area contributed by atoms with Gasteiger partial charge in [-0.05, 0) is 30.7 Å². The monoisotopic (exact) mass is 388 g/mol. The SMILES string of the molecule is CCOC(=O)c1ccc(C(F)(F)F)cc1C(Br)Br. The van der Waals surface area contributed by atoms with Crippen LogP contribution in [-0.4, -0.2) is 12.6 Å². The Balaban J connectivity index is 3.25. The van der Waals surface area contributed by atoms with Crippen molar-refractivity contribution in [2.24, 2.45) is 0 Å². The Hall–Kier alpha value is -0.560. The summed E-state index contributed by atoms with van der Waals surface area (Å²) in [6, 6.07) is 2.89. The predicted molar refractivity (Wildman–Crippen MR) is 68.0 cm³/mol. The Kier molecular flexibility index (Phi) is 5.21. The van der Waals surface area contributed by atoms with Gasteiger partial charge in [-0.25, -0.2) is 4.79 Å². The molecule has 0 aromatic heterocycles. The molecule has 0 fully saturated rings. The summed E-state index contributed by atoms with van der Waals surface area (Å²) in [7, 11) is 0. The average molecular weight is 390 g/mol. The Labute approximate surface area is 119 Å². The van der Waals surface area contributed by atoms with Gasteiger partial charge in [0, 0.05) is 0 Å². The Morgan fingerprint density at radius 2 is 2.00 bits per heavy atom. The van der Waals surface area contributed by atoms with E-state index in [2.05, 4.69) is 31.9 Å². The van der Waals surface area contributed by atoms with Crippen LogP contribution >= 0.6 is 31.9 Å². The maximum absolute atomic E-state index is 12.6. The molecule has 0 unspecified atom stereocenters. The molecule has 0 N–H and O–H groups in total. The minimum atomic E-state index is -4.45. The molecule has 0 atom stereocenters. The molecular formula is C11H9Br2F3O2. The van der Waals surface area contributed by atoms with Crippen LogP contribution in [0.15, 0.2) is 18.2 Å². The Morgan fingerprint density at radius 1 is 1.39 bits per heavy atom. The molecule has 0 spiro atoms. The van der Waals surface area contributed by atoms with E-state index in [0.717, 1.165) is 18.2 Å². The lowest BCUT2D eigenvalue weighted by atomic mass is 10.0. The van der Waals surface area contributed by atoms with Gasteiger partial charge in [-0.2, -0.15) is 13.2 Å². The van der Waals surface area contributed by atoms with Crippen molar-refractivity contribution in [3.8, 4) is 0 Å². The summed E-state index contributed by atoms with van der Waals surface area (Å²) in [5.41, 5.74) is -0.527. The fourth-order valence-electron chi connectivity index (χ4n) is 1.31. The average Bonchev–Trinajstić information content (AvgIpc) is 2.27. The maximum Gasteiger partial charge on any atom is 0.416 e. The summed E-state index contributed by atoms with van der Waals surface area (Å²) in [6.07, 6.45) is -4.45. The van der Waals surface area contributed by atoms with Gasteiger partial charge < -0.3 is 4.74 Å². The third-order valence-corrected chi connectivity index (χ3v) is 3.10. The van der Waals surface area contributed by atoms with Crippen LogP contribution in [0.5, 0.6) is 0 Å². The Morgan fingerprint density at radius 3 is 2.44 bits per heavy atom. The largest absolute Gasteiger partial charge is 0.462 e. The van der Waals surface area contributed by atoms with E-state index in [1.165, 1.54) is 0 Å². The molecule has 0 heterocycles. The number of carbonyl (C=O) groups excluding carboxylic acids is 1. The third kappa shape index (κ3) is 3.71. The van der Waals surface area contributed by atoms with Gasteiger partial charge in [0.05, 0.1) is 21.5 Å². The van der Waals surface area contributed by atoms with E-state index in [4.69, 9.17) is 4.74 Å². The van der Waals surface area contributed by atoms with Crippen LogP contribution < -0.4 is 0 Å². The van der Waals surface area contributed by atoms with Crippen LogP contribution in [0, 0.1) is 0 Å². The van der Waals surface area contributed by atoms with E-state index in [1.807, 2.05) is 0 Å². The molecule has 1 aromatic rings. The molecule has 0 saturated carbocycles. The molecule has 0 saturated heterocycles. The van der Waals surface area contributed by atoms with Crippen molar-refractivity contribution < 1.29 is 22.7 Å². The summed E-state index contributed by atoms with van der Waals surface area (Å²) in [6.45, 7) is 1.79. The van der Waals surface area contributed by atoms with Crippen LogP contribution in [0.3, 0.4) is 0 Å². The second-order valence-electron chi connectivity index (χ2n) is 3.32. The number of alkyl halides is 5. The van der Waals surface area contributed by atoms with E-state index in [-0.39, 0.29) is 17.7 Å². The van der Waals surface area contributed by atoms with Gasteiger partial charge in [0.1, 0.15) is 0 Å². The molecule has 18 heavy (non-hydrogen) atoms. The zero-order valence-corrected chi connectivity index (χ0v) is 12.4. The van der Waals surface area contributed by atoms with Gasteiger partial charge in [0.25, 0.3) is 0 Å². The van der Waals surface area contributed by atoms with Crippen LogP contribution in [0.2, 0.25) is 0 Å². The molecule has 0 aliphatic heterocycles. The first-order valence-electron chi connectivity index (χ1n) is 4.93. The maximum atomic E-state index is 12.6. The van der Waals surface area contributed by atoms with E-state index in [0.29, 0.717) is 0 Å². The minimum Gasteiger partial charge on any atom is -0.462 e. The van der Waals surface area contributed by atoms with Crippen LogP contribution in [0.25, 0.3) is 0 Å². The number of hydrogen-bond acceptors (Lipinski definition) is 2. The van der Waals surface area contributed by atoms with Gasteiger partial charge in [-0.3, -0.25) is 0 Å². The summed E-state index contributed by atoms with van der Waals surface area (Å²) in [5.74, 6) is -0.648. The first-order valence-corrected chi connectivity index (χ1v) is 6.77. The number of hydrogen-bond donors (Lipinski definition) is 0. The lowest BCUT2D eigenvalue weighted by Gasteiger charge is -2.13. The molecule has 1 aromatic carbocycles. The molecule has 0 aliphatic carbocycles. The van der Waals surface area contributed by atoms with Crippen LogP contribution in [0.1, 0.15) is 32.1 Å². The molecule has 1 rings (SSSR count). The van der Waals surface area contributed by atoms with Crippen LogP contribution in [-0.2, 0) is 10.9 Å². The van der Waals surface area contributed by atoms with Crippen molar-refractivity contribution in [3.63, 3.8) is 0 Å². The molecule has 0 amide bonds. The van der Waals surface area contributed by atoms with Gasteiger partial charge in [0.15, 0.2) is 0 Å². The van der Waals surface area contributed by atoms with Gasteiger partial charge >= 0.3 is 12.1 Å². The highest BCUT2D eigenvalue weighted by Crippen LogP contribution is 2.37. The van der Waals surface area contributed by atoms with Crippen molar-refractivity contribution in [1.29, 1.82) is 0 Å². The molecule has 100 valence electrons. The van der Waals surface area contributed by atoms with Gasteiger partial charge in [0.2, 0.25) is 0 Å². The zero-order valence-electron chi connectivity index (χ0n) is 9.22. The first kappa shape index (κ1) is 15.5. The molecule has 2 nitrogen and oxygen atoms in total. The van der Waals surface area contributed by atoms with Gasteiger partial charge in [-0.15, -0.1) is 0 Å². The third-order valence-electron chi connectivity index (χ3n) is 2.11. The van der Waals surface area contributed by atoms with E-state index in [9.17, 15) is 18.0 Å². The highest BCUT2D eigenvalue weighted by molar-refractivity contribution is 9.24. The standard InChI is InChI=1S/C11H9Br2F3O2/c1-2-18-10(17)7-4-3-6(11(14,15)16)5-8(7)9(12)13/h3-5,9H,2H2,1H3. The van der Waals surface area contributed by atoms with Crippen molar-refractivity contribution in [1.82, 2.24) is 0 Å². The van der Waals surface area contributed by atoms with Gasteiger partial charge in [-0.1, -0.05) is 31.9 Å². The van der Waals surface area contributed by atoms with Crippen molar-refractivity contribution in [2.45, 2.75) is 16.8 Å². The number of ether oxygens (including phenoxy) is 1. The normalized spacial score (nSPS) is 11.7. The number of rotatable bonds is 3. The van der Waals surface area contributed by atoms with E-state index in [1.54, 1.807) is 6.92 Å². The lowest BCUT2D eigenvalue weighted by Crippen LogP contribution is -2.11. The van der Waals surface area contributed by atoms with Crippen LogP contribution in [0.4, 0.5) is 13.2 Å². The van der Waals surface area contributed by atoms with Crippen molar-refractivity contribution in [3.05, 3.63) is 34.9 Å². The van der Waals surface area contributed by atoms with E-state index < -0.39 is 21.4 Å². The van der Waals surface area contributed by atoms with Crippen molar-refractivity contribution >= 4 is 37.8 Å². The highest BCUT2D eigenvalue weighted by Gasteiger charge is 2.32. The molecule has 0 aliphatic rings. The Bertz CT molecular complexity index is 444. The number of carbonyl (C=O) groups is 1. The quantitative estimate of drug-likeness (QED) is 0.554. The second-order valence-corrected chi connectivity index (χ2v) is 6.38. The number of esters is 1. The zero-order chi connectivity index (χ0) is 13.9. The molecule has 7 heteroatoms. The number of benzene rings is 1. The summed E-state index contributed by atoms with van der Waals surface area (Å²) in [4.78, 5) is 11.6. The predicted octanol–water partition coefficient (Wildman–Crippen LogP) is 4.67. The molecular weight excluding hydrogens is 381 g/mol. The summed E-state index contributed by atoms with van der Waals surface area (Å²) >= 11 is 6.19. The smallest absolute Gasteiger partial charge is 0.416 e. The van der Waals surface area contributed by atoms with E-state index >= 15 is 0 Å².